The molecule has 0 radical (unpaired) electrons. The molecule has 0 bridgehead atoms. The molecule has 28 heavy (non-hydrogen) atoms. The summed E-state index contributed by atoms with van der Waals surface area (Å²) in [6.45, 7) is 0.188. The minimum atomic E-state index is -4.82. The number of aromatic nitrogens is 1. The van der Waals surface area contributed by atoms with Gasteiger partial charge in [-0.2, -0.15) is 12.7 Å². The molecular formula is C12H16N6O7S3. The third-order valence-electron chi connectivity index (χ3n) is 3.32. The number of amides is 3. The number of carbonyl (C=O) groups is 3. The van der Waals surface area contributed by atoms with Crippen LogP contribution in [0.2, 0.25) is 0 Å². The molecule has 1 aliphatic heterocycles. The lowest BCUT2D eigenvalue weighted by molar-refractivity contribution is -0.141. The van der Waals surface area contributed by atoms with E-state index in [1.807, 2.05) is 0 Å². The van der Waals surface area contributed by atoms with E-state index in [1.54, 1.807) is 0 Å². The van der Waals surface area contributed by atoms with Crippen molar-refractivity contribution in [3.8, 4) is 0 Å². The smallest absolute Gasteiger partial charge is 0.363 e. The molecule has 5 N–H and O–H groups in total. The molecule has 2 atom stereocenters. The van der Waals surface area contributed by atoms with Gasteiger partial charge in [-0.1, -0.05) is 5.16 Å². The normalized spacial score (nSPS) is 19.7. The van der Waals surface area contributed by atoms with Gasteiger partial charge >= 0.3 is 10.3 Å². The van der Waals surface area contributed by atoms with Crippen LogP contribution in [0, 0.1) is 0 Å². The second kappa shape index (κ2) is 9.18. The largest absolute Gasteiger partial charge is 0.398 e. The van der Waals surface area contributed by atoms with E-state index in [0.717, 1.165) is 23.1 Å². The third-order valence-corrected chi connectivity index (χ3v) is 6.29. The number of thiazole rings is 1. The van der Waals surface area contributed by atoms with Crippen molar-refractivity contribution in [2.45, 2.75) is 11.4 Å². The molecule has 13 nitrogen and oxygen atoms in total. The molecule has 1 fully saturated rings. The molecule has 154 valence electrons. The number of rotatable bonds is 10. The Bertz CT molecular complexity index is 886. The molecule has 3 amide bonds. The van der Waals surface area contributed by atoms with Gasteiger partial charge in [0.05, 0.1) is 0 Å². The Morgan fingerprint density at radius 1 is 1.61 bits per heavy atom. The summed E-state index contributed by atoms with van der Waals surface area (Å²) >= 11 is 2.00. The molecule has 1 aliphatic rings. The van der Waals surface area contributed by atoms with E-state index in [1.165, 1.54) is 12.5 Å². The fourth-order valence-corrected chi connectivity index (χ4v) is 5.05. The molecule has 0 spiro atoms. The maximum atomic E-state index is 12.5. The topological polar surface area (TPSA) is 193 Å². The monoisotopic (exact) mass is 452 g/mol. The highest BCUT2D eigenvalue weighted by molar-refractivity contribution is 8.00. The zero-order valence-corrected chi connectivity index (χ0v) is 16.7. The lowest BCUT2D eigenvalue weighted by Crippen LogP contribution is -2.71. The standard InChI is InChI=1S/C12H16N6O7S3/c1-25-17-7(6-4-27-12(13)15-6)9(20)16-8-10(21)18(28(22,23)24)11(8)26-3-2-14-5-19/h4-5,8,11H,2-3H2,1H3,(H2,13,15)(H,14,19)(H,16,20)(H,22,23,24)/b17-7-. The van der Waals surface area contributed by atoms with Crippen molar-refractivity contribution in [3.05, 3.63) is 11.1 Å². The quantitative estimate of drug-likeness (QED) is 0.0771. The van der Waals surface area contributed by atoms with Crippen molar-refractivity contribution in [1.29, 1.82) is 0 Å². The summed E-state index contributed by atoms with van der Waals surface area (Å²) in [5, 5.41) is 8.82. The van der Waals surface area contributed by atoms with E-state index < -0.39 is 33.5 Å². The van der Waals surface area contributed by atoms with Crippen LogP contribution >= 0.6 is 23.1 Å². The highest BCUT2D eigenvalue weighted by Crippen LogP contribution is 2.32. The zero-order valence-electron chi connectivity index (χ0n) is 14.3. The maximum absolute atomic E-state index is 12.5. The Balaban J connectivity index is 2.16. The highest BCUT2D eigenvalue weighted by Gasteiger charge is 2.54. The van der Waals surface area contributed by atoms with Crippen LogP contribution in [0.1, 0.15) is 5.69 Å². The lowest BCUT2D eigenvalue weighted by Gasteiger charge is -2.43. The highest BCUT2D eigenvalue weighted by atomic mass is 32.2. The van der Waals surface area contributed by atoms with Crippen molar-refractivity contribution in [1.82, 2.24) is 19.9 Å². The van der Waals surface area contributed by atoms with Crippen molar-refractivity contribution in [2.75, 3.05) is 25.1 Å². The number of hydrogen-bond acceptors (Lipinski definition) is 11. The molecule has 2 heterocycles. The zero-order chi connectivity index (χ0) is 20.9. The Morgan fingerprint density at radius 3 is 2.86 bits per heavy atom. The molecule has 1 aromatic heterocycles. The van der Waals surface area contributed by atoms with Gasteiger partial charge in [-0.25, -0.2) is 4.98 Å². The van der Waals surface area contributed by atoms with Gasteiger partial charge in [0.15, 0.2) is 10.8 Å². The van der Waals surface area contributed by atoms with Crippen LogP contribution < -0.4 is 16.4 Å². The average Bonchev–Trinajstić information content (AvgIpc) is 3.04. The SMILES string of the molecule is CO/N=C(\C(=O)NC1C(=O)N(S(=O)(=O)O)C1SCCNC=O)c1csc(N)n1. The first-order valence-electron chi connectivity index (χ1n) is 7.43. The maximum Gasteiger partial charge on any atom is 0.363 e. The van der Waals surface area contributed by atoms with Crippen LogP contribution in [-0.2, 0) is 29.5 Å². The number of nitrogens with zero attached hydrogens (tertiary/aromatic N) is 3. The second-order valence-corrected chi connectivity index (χ2v) is 8.49. The van der Waals surface area contributed by atoms with Gasteiger partial charge in [0.1, 0.15) is 24.2 Å². The van der Waals surface area contributed by atoms with Crippen LogP contribution in [0.15, 0.2) is 10.5 Å². The molecule has 0 saturated carbocycles. The number of anilines is 1. The van der Waals surface area contributed by atoms with E-state index in [2.05, 4.69) is 25.6 Å². The van der Waals surface area contributed by atoms with Gasteiger partial charge < -0.3 is 21.2 Å². The second-order valence-electron chi connectivity index (χ2n) is 5.09. The van der Waals surface area contributed by atoms with Gasteiger partial charge in [-0.15, -0.1) is 23.1 Å². The van der Waals surface area contributed by atoms with Crippen molar-refractivity contribution in [3.63, 3.8) is 0 Å². The third kappa shape index (κ3) is 4.89. The summed E-state index contributed by atoms with van der Waals surface area (Å²) in [4.78, 5) is 43.5. The van der Waals surface area contributed by atoms with Gasteiger partial charge in [0, 0.05) is 17.7 Å². The summed E-state index contributed by atoms with van der Waals surface area (Å²) < 4.78 is 32.3. The minimum absolute atomic E-state index is 0.111. The number of hydrogen-bond donors (Lipinski definition) is 4. The lowest BCUT2D eigenvalue weighted by atomic mass is 10.1. The van der Waals surface area contributed by atoms with E-state index in [-0.39, 0.29) is 33.1 Å². The minimum Gasteiger partial charge on any atom is -0.398 e. The summed E-state index contributed by atoms with van der Waals surface area (Å²) in [5.74, 6) is -1.65. The van der Waals surface area contributed by atoms with Gasteiger partial charge in [0.25, 0.3) is 11.8 Å². The first-order valence-corrected chi connectivity index (χ1v) is 10.8. The molecule has 0 aliphatic carbocycles. The van der Waals surface area contributed by atoms with Gasteiger partial charge in [-0.05, 0) is 0 Å². The van der Waals surface area contributed by atoms with Gasteiger partial charge in [-0.3, -0.25) is 18.9 Å². The summed E-state index contributed by atoms with van der Waals surface area (Å²) in [5.41, 5.74) is 5.38. The number of nitrogen functional groups attached to an aromatic ring is 1. The number of β-lactam (4-membered cyclic amide) rings is 1. The number of carbonyl (C=O) groups excluding carboxylic acids is 3. The molecule has 1 aromatic rings. The fraction of sp³-hybridized carbons (Fsp3) is 0.417. The molecule has 2 rings (SSSR count). The van der Waals surface area contributed by atoms with Crippen molar-refractivity contribution in [2.24, 2.45) is 5.16 Å². The first kappa shape index (κ1) is 21.9. The Hall–Kier alpha value is -2.43. The number of oxime groups is 1. The van der Waals surface area contributed by atoms with E-state index >= 15 is 0 Å². The van der Waals surface area contributed by atoms with Crippen LogP contribution in [0.3, 0.4) is 0 Å². The van der Waals surface area contributed by atoms with Crippen LogP contribution in [0.4, 0.5) is 5.13 Å². The average molecular weight is 452 g/mol. The predicted molar refractivity (Wildman–Crippen MR) is 101 cm³/mol. The van der Waals surface area contributed by atoms with E-state index in [9.17, 15) is 27.4 Å². The van der Waals surface area contributed by atoms with E-state index in [0.29, 0.717) is 6.41 Å². The molecule has 2 unspecified atom stereocenters. The predicted octanol–water partition coefficient (Wildman–Crippen LogP) is -1.99. The molecular weight excluding hydrogens is 436 g/mol. The van der Waals surface area contributed by atoms with Crippen LogP contribution in [0.5, 0.6) is 0 Å². The van der Waals surface area contributed by atoms with Crippen LogP contribution in [0.25, 0.3) is 0 Å². The van der Waals surface area contributed by atoms with Crippen molar-refractivity contribution >= 4 is 62.5 Å². The number of nitrogens with two attached hydrogens (primary N) is 1. The Morgan fingerprint density at radius 2 is 2.32 bits per heavy atom. The number of nitrogens with one attached hydrogen (secondary N) is 2. The fourth-order valence-electron chi connectivity index (χ4n) is 2.18. The van der Waals surface area contributed by atoms with E-state index in [4.69, 9.17) is 5.73 Å². The Kier molecular flexibility index (Phi) is 7.17. The molecule has 16 heteroatoms. The van der Waals surface area contributed by atoms with Crippen LogP contribution in [-0.4, -0.2) is 77.0 Å². The first-order chi connectivity index (χ1) is 13.2. The summed E-state index contributed by atoms with van der Waals surface area (Å²) in [6.07, 6.45) is 0.458. The molecule has 1 saturated heterocycles. The number of thioether (sulfide) groups is 1. The van der Waals surface area contributed by atoms with Crippen molar-refractivity contribution < 1.29 is 32.2 Å². The summed E-state index contributed by atoms with van der Waals surface area (Å²) in [7, 11) is -3.61. The molecule has 0 aromatic carbocycles. The Labute approximate surface area is 167 Å². The van der Waals surface area contributed by atoms with Gasteiger partial charge in [0.2, 0.25) is 6.41 Å². The summed E-state index contributed by atoms with van der Waals surface area (Å²) in [6, 6.07) is -1.26.